The lowest BCUT2D eigenvalue weighted by Crippen LogP contribution is -2.22. The Bertz CT molecular complexity index is 447. The maximum Gasteiger partial charge on any atom is 0.143 e. The Labute approximate surface area is 130 Å². The standard InChI is InChI=1S/C15H24IN3/c1-5-17-14-12(16)10(2)18-13(19-14)11-6-8-15(3,4)9-7-11/h11H,5-9H2,1-4H3,(H,17,18,19). The van der Waals surface area contributed by atoms with Gasteiger partial charge < -0.3 is 5.32 Å². The number of nitrogens with zero attached hydrogens (tertiary/aromatic N) is 2. The molecule has 0 saturated heterocycles. The molecule has 1 aromatic heterocycles. The van der Waals surface area contributed by atoms with Crippen LogP contribution in [0.4, 0.5) is 5.82 Å². The van der Waals surface area contributed by atoms with Crippen molar-refractivity contribution >= 4 is 28.4 Å². The van der Waals surface area contributed by atoms with Crippen LogP contribution in [0.25, 0.3) is 0 Å². The summed E-state index contributed by atoms with van der Waals surface area (Å²) in [5.74, 6) is 2.60. The van der Waals surface area contributed by atoms with Gasteiger partial charge in [0.2, 0.25) is 0 Å². The zero-order valence-corrected chi connectivity index (χ0v) is 14.5. The highest BCUT2D eigenvalue weighted by Gasteiger charge is 2.29. The van der Waals surface area contributed by atoms with Crippen LogP contribution in [0, 0.1) is 15.9 Å². The normalized spacial score (nSPS) is 19.4. The second kappa shape index (κ2) is 5.94. The van der Waals surface area contributed by atoms with E-state index in [0.29, 0.717) is 11.3 Å². The van der Waals surface area contributed by atoms with Crippen molar-refractivity contribution < 1.29 is 0 Å². The van der Waals surface area contributed by atoms with Crippen molar-refractivity contribution in [2.24, 2.45) is 5.41 Å². The molecule has 0 aromatic carbocycles. The fourth-order valence-electron chi connectivity index (χ4n) is 2.71. The molecule has 2 rings (SSSR count). The third kappa shape index (κ3) is 3.58. The Morgan fingerprint density at radius 1 is 1.26 bits per heavy atom. The van der Waals surface area contributed by atoms with Crippen LogP contribution in [0.1, 0.15) is 63.9 Å². The first-order chi connectivity index (χ1) is 8.93. The van der Waals surface area contributed by atoms with Gasteiger partial charge in [-0.1, -0.05) is 13.8 Å². The number of aromatic nitrogens is 2. The number of anilines is 1. The number of halogens is 1. The Balaban J connectivity index is 2.21. The van der Waals surface area contributed by atoms with Crippen molar-refractivity contribution in [1.82, 2.24) is 9.97 Å². The second-order valence-corrected chi connectivity index (χ2v) is 7.38. The Morgan fingerprint density at radius 2 is 1.89 bits per heavy atom. The van der Waals surface area contributed by atoms with Crippen molar-refractivity contribution in [1.29, 1.82) is 0 Å². The molecule has 106 valence electrons. The van der Waals surface area contributed by atoms with Gasteiger partial charge in [-0.25, -0.2) is 9.97 Å². The molecule has 1 heterocycles. The lowest BCUT2D eigenvalue weighted by Gasteiger charge is -2.33. The molecule has 0 spiro atoms. The predicted octanol–water partition coefficient (Wildman–Crippen LogP) is 4.51. The van der Waals surface area contributed by atoms with E-state index in [1.807, 2.05) is 0 Å². The summed E-state index contributed by atoms with van der Waals surface area (Å²) in [5, 5.41) is 3.35. The van der Waals surface area contributed by atoms with Crippen LogP contribution in [0.5, 0.6) is 0 Å². The van der Waals surface area contributed by atoms with Gasteiger partial charge in [0, 0.05) is 12.5 Å². The highest BCUT2D eigenvalue weighted by Crippen LogP contribution is 2.41. The van der Waals surface area contributed by atoms with Gasteiger partial charge in [-0.05, 0) is 67.5 Å². The zero-order valence-electron chi connectivity index (χ0n) is 12.4. The Hall–Kier alpha value is -0.390. The van der Waals surface area contributed by atoms with Gasteiger partial charge in [-0.2, -0.15) is 0 Å². The Morgan fingerprint density at radius 3 is 2.47 bits per heavy atom. The molecule has 1 saturated carbocycles. The van der Waals surface area contributed by atoms with Crippen molar-refractivity contribution in [3.63, 3.8) is 0 Å². The van der Waals surface area contributed by atoms with E-state index in [1.54, 1.807) is 0 Å². The van der Waals surface area contributed by atoms with E-state index in [2.05, 4.69) is 55.6 Å². The fourth-order valence-corrected chi connectivity index (χ4v) is 3.14. The third-order valence-electron chi connectivity index (χ3n) is 4.08. The highest BCUT2D eigenvalue weighted by molar-refractivity contribution is 14.1. The van der Waals surface area contributed by atoms with Gasteiger partial charge >= 0.3 is 0 Å². The van der Waals surface area contributed by atoms with Crippen LogP contribution >= 0.6 is 22.6 Å². The van der Waals surface area contributed by atoms with Crippen LogP contribution < -0.4 is 5.32 Å². The maximum absolute atomic E-state index is 4.76. The van der Waals surface area contributed by atoms with Gasteiger partial charge in [0.25, 0.3) is 0 Å². The minimum absolute atomic E-state index is 0.499. The monoisotopic (exact) mass is 373 g/mol. The van der Waals surface area contributed by atoms with E-state index < -0.39 is 0 Å². The molecule has 19 heavy (non-hydrogen) atoms. The molecule has 1 fully saturated rings. The molecule has 0 amide bonds. The van der Waals surface area contributed by atoms with Gasteiger partial charge in [0.1, 0.15) is 11.6 Å². The first-order valence-corrected chi connectivity index (χ1v) is 8.29. The van der Waals surface area contributed by atoms with E-state index in [4.69, 9.17) is 9.97 Å². The fraction of sp³-hybridized carbons (Fsp3) is 0.733. The van der Waals surface area contributed by atoms with E-state index in [1.165, 1.54) is 25.7 Å². The molecule has 1 aliphatic carbocycles. The minimum atomic E-state index is 0.499. The molecule has 1 aromatic rings. The summed E-state index contributed by atoms with van der Waals surface area (Å²) in [4.78, 5) is 9.49. The van der Waals surface area contributed by atoms with Crippen LogP contribution in [0.15, 0.2) is 0 Å². The van der Waals surface area contributed by atoms with Gasteiger partial charge in [0.05, 0.1) is 9.26 Å². The molecule has 0 bridgehead atoms. The first kappa shape index (κ1) is 15.0. The van der Waals surface area contributed by atoms with Gasteiger partial charge in [-0.3, -0.25) is 0 Å². The molecule has 0 unspecified atom stereocenters. The summed E-state index contributed by atoms with van der Waals surface area (Å²) in [6, 6.07) is 0. The summed E-state index contributed by atoms with van der Waals surface area (Å²) in [5.41, 5.74) is 1.60. The molecule has 1 N–H and O–H groups in total. The Kier molecular flexibility index (Phi) is 4.69. The van der Waals surface area contributed by atoms with Crippen LogP contribution in [0.2, 0.25) is 0 Å². The lowest BCUT2D eigenvalue weighted by molar-refractivity contribution is 0.220. The zero-order chi connectivity index (χ0) is 14.0. The van der Waals surface area contributed by atoms with Gasteiger partial charge in [0.15, 0.2) is 0 Å². The molecule has 0 aliphatic heterocycles. The average molecular weight is 373 g/mol. The van der Waals surface area contributed by atoms with Crippen molar-refractivity contribution in [2.75, 3.05) is 11.9 Å². The summed E-state index contributed by atoms with van der Waals surface area (Å²) >= 11 is 2.33. The van der Waals surface area contributed by atoms with Crippen LogP contribution in [-0.2, 0) is 0 Å². The number of aryl methyl sites for hydroxylation is 1. The smallest absolute Gasteiger partial charge is 0.143 e. The molecular formula is C15H24IN3. The molecule has 3 nitrogen and oxygen atoms in total. The largest absolute Gasteiger partial charge is 0.369 e. The summed E-state index contributed by atoms with van der Waals surface area (Å²) in [6.45, 7) is 9.83. The van der Waals surface area contributed by atoms with Crippen LogP contribution in [0.3, 0.4) is 0 Å². The van der Waals surface area contributed by atoms with E-state index in [-0.39, 0.29) is 0 Å². The first-order valence-electron chi connectivity index (χ1n) is 7.21. The molecule has 0 radical (unpaired) electrons. The van der Waals surface area contributed by atoms with Crippen molar-refractivity contribution in [3.8, 4) is 0 Å². The van der Waals surface area contributed by atoms with E-state index in [0.717, 1.165) is 27.5 Å². The molecular weight excluding hydrogens is 349 g/mol. The molecule has 0 atom stereocenters. The number of nitrogens with one attached hydrogen (secondary N) is 1. The number of hydrogen-bond donors (Lipinski definition) is 1. The molecule has 1 aliphatic rings. The van der Waals surface area contributed by atoms with E-state index >= 15 is 0 Å². The SMILES string of the molecule is CCNc1nc(C2CCC(C)(C)CC2)nc(C)c1I. The van der Waals surface area contributed by atoms with Crippen molar-refractivity contribution in [2.45, 2.75) is 59.3 Å². The quantitative estimate of drug-likeness (QED) is 0.793. The minimum Gasteiger partial charge on any atom is -0.369 e. The topological polar surface area (TPSA) is 37.8 Å². The number of hydrogen-bond acceptors (Lipinski definition) is 3. The predicted molar refractivity (Wildman–Crippen MR) is 88.6 cm³/mol. The second-order valence-electron chi connectivity index (χ2n) is 6.30. The summed E-state index contributed by atoms with van der Waals surface area (Å²) in [6.07, 6.45) is 5.00. The summed E-state index contributed by atoms with van der Waals surface area (Å²) < 4.78 is 1.15. The number of rotatable bonds is 3. The van der Waals surface area contributed by atoms with Gasteiger partial charge in [-0.15, -0.1) is 0 Å². The molecule has 4 heteroatoms. The maximum atomic E-state index is 4.76. The van der Waals surface area contributed by atoms with Crippen LogP contribution in [-0.4, -0.2) is 16.5 Å². The van der Waals surface area contributed by atoms with Crippen molar-refractivity contribution in [3.05, 3.63) is 15.1 Å². The third-order valence-corrected chi connectivity index (χ3v) is 5.37. The highest BCUT2D eigenvalue weighted by atomic mass is 127. The lowest BCUT2D eigenvalue weighted by atomic mass is 9.73. The summed E-state index contributed by atoms with van der Waals surface area (Å²) in [7, 11) is 0. The average Bonchev–Trinajstić information content (AvgIpc) is 2.35. The van der Waals surface area contributed by atoms with E-state index in [9.17, 15) is 0 Å².